The Kier molecular flexibility index (Phi) is 6.31. The molecule has 0 spiro atoms. The molecule has 2 aliphatic heterocycles. The molecular weight excluding hydrogens is 482 g/mol. The standard InChI is InChI=1S/C24H29N7O4S/c1-14-11-15(33-4)5-6-17(14)26-23(32)35-31-9-7-30(8-10-31)19-18-16(20-29-24(2,3)13-34-20)12-36-21(18)28-22(25)27-19/h5-6,11-12H,7-10,13H2,1-4H3,(H,26,32)(H2,25,27,28). The first-order valence-electron chi connectivity index (χ1n) is 11.6. The third-order valence-corrected chi connectivity index (χ3v) is 6.92. The van der Waals surface area contributed by atoms with E-state index in [4.69, 9.17) is 25.0 Å². The monoisotopic (exact) mass is 511 g/mol. The van der Waals surface area contributed by atoms with E-state index in [1.165, 1.54) is 11.3 Å². The molecule has 1 aromatic carbocycles. The number of aryl methyl sites for hydroxylation is 1. The van der Waals surface area contributed by atoms with Gasteiger partial charge in [0.2, 0.25) is 11.8 Å². The Balaban J connectivity index is 1.28. The molecule has 3 N–H and O–H groups in total. The number of hydroxylamine groups is 2. The van der Waals surface area contributed by atoms with E-state index in [9.17, 15) is 4.79 Å². The van der Waals surface area contributed by atoms with Crippen molar-refractivity contribution in [3.63, 3.8) is 0 Å². The minimum absolute atomic E-state index is 0.216. The fraction of sp³-hybridized carbons (Fsp3) is 0.417. The van der Waals surface area contributed by atoms with Crippen LogP contribution >= 0.6 is 11.3 Å². The van der Waals surface area contributed by atoms with Crippen LogP contribution in [0.5, 0.6) is 5.75 Å². The highest BCUT2D eigenvalue weighted by Crippen LogP contribution is 2.35. The topological polar surface area (TPSA) is 127 Å². The number of aliphatic imine (C=N–C) groups is 1. The van der Waals surface area contributed by atoms with Gasteiger partial charge in [-0.3, -0.25) is 5.32 Å². The van der Waals surface area contributed by atoms with E-state index in [0.29, 0.717) is 44.4 Å². The van der Waals surface area contributed by atoms with Crippen molar-refractivity contribution in [1.82, 2.24) is 15.0 Å². The first-order chi connectivity index (χ1) is 17.2. The summed E-state index contributed by atoms with van der Waals surface area (Å²) in [6.45, 7) is 8.69. The molecule has 2 aliphatic rings. The van der Waals surface area contributed by atoms with Gasteiger partial charge in [0, 0.05) is 24.2 Å². The number of rotatable bonds is 5. The highest BCUT2D eigenvalue weighted by Gasteiger charge is 2.31. The van der Waals surface area contributed by atoms with Crippen molar-refractivity contribution in [3.05, 3.63) is 34.7 Å². The number of hydrogen-bond donors (Lipinski definition) is 2. The molecule has 0 aliphatic carbocycles. The number of nitrogen functional groups attached to an aromatic ring is 1. The number of nitrogens with zero attached hydrogens (tertiary/aromatic N) is 5. The van der Waals surface area contributed by atoms with Gasteiger partial charge in [0.25, 0.3) is 0 Å². The van der Waals surface area contributed by atoms with Gasteiger partial charge in [-0.25, -0.2) is 14.8 Å². The summed E-state index contributed by atoms with van der Waals surface area (Å²) in [6.07, 6.45) is -0.537. The molecule has 0 atom stereocenters. The zero-order chi connectivity index (χ0) is 25.4. The number of benzene rings is 1. The van der Waals surface area contributed by atoms with E-state index in [2.05, 4.69) is 20.2 Å². The van der Waals surface area contributed by atoms with E-state index in [1.807, 2.05) is 32.2 Å². The fourth-order valence-electron chi connectivity index (χ4n) is 4.19. The zero-order valence-electron chi connectivity index (χ0n) is 20.7. The predicted octanol–water partition coefficient (Wildman–Crippen LogP) is 3.43. The van der Waals surface area contributed by atoms with Crippen molar-refractivity contribution in [3.8, 4) is 5.75 Å². The van der Waals surface area contributed by atoms with Gasteiger partial charge in [0.1, 0.15) is 23.0 Å². The molecule has 36 heavy (non-hydrogen) atoms. The molecule has 1 fully saturated rings. The van der Waals surface area contributed by atoms with Gasteiger partial charge in [-0.2, -0.15) is 4.98 Å². The highest BCUT2D eigenvalue weighted by molar-refractivity contribution is 7.17. The number of piperazine rings is 1. The Hall–Kier alpha value is -3.64. The van der Waals surface area contributed by atoms with Gasteiger partial charge in [0.05, 0.1) is 36.7 Å². The minimum Gasteiger partial charge on any atom is -0.497 e. The summed E-state index contributed by atoms with van der Waals surface area (Å²) >= 11 is 1.49. The average Bonchev–Trinajstić information content (AvgIpc) is 3.42. The van der Waals surface area contributed by atoms with Crippen LogP contribution in [0, 0.1) is 6.92 Å². The second kappa shape index (κ2) is 9.43. The molecule has 4 heterocycles. The molecular formula is C24H29N7O4S. The zero-order valence-corrected chi connectivity index (χ0v) is 21.5. The molecule has 190 valence electrons. The van der Waals surface area contributed by atoms with Crippen molar-refractivity contribution >= 4 is 51.0 Å². The summed E-state index contributed by atoms with van der Waals surface area (Å²) in [5.41, 5.74) is 8.19. The van der Waals surface area contributed by atoms with Crippen LogP contribution in [0.1, 0.15) is 25.0 Å². The molecule has 3 aromatic rings. The fourth-order valence-corrected chi connectivity index (χ4v) is 5.11. The van der Waals surface area contributed by atoms with Crippen LogP contribution in [-0.4, -0.2) is 72.5 Å². The number of carbonyl (C=O) groups is 1. The maximum atomic E-state index is 12.5. The van der Waals surface area contributed by atoms with Crippen LogP contribution in [0.4, 0.5) is 22.2 Å². The first-order valence-corrected chi connectivity index (χ1v) is 12.5. The lowest BCUT2D eigenvalue weighted by atomic mass is 10.1. The van der Waals surface area contributed by atoms with E-state index < -0.39 is 6.09 Å². The number of ether oxygens (including phenoxy) is 2. The van der Waals surface area contributed by atoms with Crippen molar-refractivity contribution in [2.24, 2.45) is 4.99 Å². The number of aromatic nitrogens is 2. The van der Waals surface area contributed by atoms with Gasteiger partial charge in [-0.1, -0.05) is 0 Å². The second-order valence-corrected chi connectivity index (χ2v) is 10.2. The van der Waals surface area contributed by atoms with Gasteiger partial charge in [-0.15, -0.1) is 16.4 Å². The molecule has 12 heteroatoms. The maximum Gasteiger partial charge on any atom is 0.430 e. The number of methoxy groups -OCH3 is 1. The van der Waals surface area contributed by atoms with Crippen molar-refractivity contribution < 1.29 is 19.1 Å². The van der Waals surface area contributed by atoms with E-state index in [0.717, 1.165) is 32.9 Å². The van der Waals surface area contributed by atoms with Crippen LogP contribution in [0.15, 0.2) is 28.6 Å². The number of amides is 1. The largest absolute Gasteiger partial charge is 0.497 e. The van der Waals surface area contributed by atoms with Gasteiger partial charge < -0.3 is 24.9 Å². The lowest BCUT2D eigenvalue weighted by molar-refractivity contribution is -0.0966. The third-order valence-electron chi connectivity index (χ3n) is 6.05. The quantitative estimate of drug-likeness (QED) is 0.529. The normalized spacial score (nSPS) is 17.6. The number of fused-ring (bicyclic) bond motifs is 1. The molecule has 0 radical (unpaired) electrons. The molecule has 2 aromatic heterocycles. The van der Waals surface area contributed by atoms with Crippen LogP contribution in [0.2, 0.25) is 0 Å². The molecule has 1 saturated heterocycles. The van der Waals surface area contributed by atoms with Crippen molar-refractivity contribution in [1.29, 1.82) is 0 Å². The van der Waals surface area contributed by atoms with Crippen LogP contribution in [0.3, 0.4) is 0 Å². The molecule has 1 amide bonds. The maximum absolute atomic E-state index is 12.5. The minimum atomic E-state index is -0.537. The number of nitrogens with two attached hydrogens (primary N) is 1. The number of carbonyl (C=O) groups excluding carboxylic acids is 1. The van der Waals surface area contributed by atoms with Crippen molar-refractivity contribution in [2.75, 3.05) is 55.8 Å². The lowest BCUT2D eigenvalue weighted by Crippen LogP contribution is -2.47. The summed E-state index contributed by atoms with van der Waals surface area (Å²) in [5, 5.41) is 7.31. The van der Waals surface area contributed by atoms with Crippen LogP contribution in [-0.2, 0) is 9.57 Å². The van der Waals surface area contributed by atoms with Crippen LogP contribution < -0.4 is 20.7 Å². The Morgan fingerprint density at radius 2 is 2.00 bits per heavy atom. The lowest BCUT2D eigenvalue weighted by Gasteiger charge is -2.34. The van der Waals surface area contributed by atoms with E-state index >= 15 is 0 Å². The smallest absolute Gasteiger partial charge is 0.430 e. The van der Waals surface area contributed by atoms with Crippen molar-refractivity contribution in [2.45, 2.75) is 26.3 Å². The number of hydrogen-bond acceptors (Lipinski definition) is 11. The molecule has 11 nitrogen and oxygen atoms in total. The van der Waals surface area contributed by atoms with Crippen LogP contribution in [0.25, 0.3) is 10.2 Å². The molecule has 0 saturated carbocycles. The molecule has 5 rings (SSSR count). The van der Waals surface area contributed by atoms with E-state index in [1.54, 1.807) is 24.3 Å². The Morgan fingerprint density at radius 1 is 1.22 bits per heavy atom. The molecule has 0 bridgehead atoms. The summed E-state index contributed by atoms with van der Waals surface area (Å²) in [6, 6.07) is 5.43. The Morgan fingerprint density at radius 3 is 2.67 bits per heavy atom. The molecule has 0 unspecified atom stereocenters. The number of nitrogens with one attached hydrogen (secondary N) is 1. The number of anilines is 3. The average molecular weight is 512 g/mol. The van der Waals surface area contributed by atoms with Gasteiger partial charge in [0.15, 0.2) is 0 Å². The van der Waals surface area contributed by atoms with Gasteiger partial charge in [-0.05, 0) is 44.5 Å². The van der Waals surface area contributed by atoms with E-state index in [-0.39, 0.29) is 11.5 Å². The summed E-state index contributed by atoms with van der Waals surface area (Å²) in [7, 11) is 1.60. The third kappa shape index (κ3) is 4.86. The Labute approximate surface area is 212 Å². The number of thiophene rings is 1. The predicted molar refractivity (Wildman–Crippen MR) is 140 cm³/mol. The second-order valence-electron chi connectivity index (χ2n) is 9.35. The summed E-state index contributed by atoms with van der Waals surface area (Å²) < 4.78 is 11.1. The first kappa shape index (κ1) is 24.1. The van der Waals surface area contributed by atoms with Gasteiger partial charge >= 0.3 is 6.09 Å². The summed E-state index contributed by atoms with van der Waals surface area (Å²) in [5.74, 6) is 2.29. The SMILES string of the molecule is COc1ccc(NC(=O)ON2CCN(c3nc(N)nc4scc(C5=NC(C)(C)CO5)c34)CC2)c(C)c1. The highest BCUT2D eigenvalue weighted by atomic mass is 32.1. The summed E-state index contributed by atoms with van der Waals surface area (Å²) in [4.78, 5) is 34.7. The Bertz CT molecular complexity index is 1330.